The summed E-state index contributed by atoms with van der Waals surface area (Å²) in [6.45, 7) is 12.0. The number of hydrogen-bond donors (Lipinski definition) is 2. The number of carbonyl (C=O) groups is 1. The Kier molecular flexibility index (Phi) is 7.87. The standard InChI is InChI=1S/C20H27N5O2.2ClH/c1-11(2)25-18-16(9-22-25)15(19(26)24-20(5,6)10-21)8-17(23-18)14-7-12(3)27-13(14)4;;/h7-9,11H,10,21H2,1-6H3,(H,24,26);2*1H. The molecule has 0 atom stereocenters. The van der Waals surface area contributed by atoms with Gasteiger partial charge in [-0.2, -0.15) is 5.10 Å². The molecule has 0 radical (unpaired) electrons. The highest BCUT2D eigenvalue weighted by Crippen LogP contribution is 2.30. The molecule has 0 saturated heterocycles. The molecule has 3 aromatic heterocycles. The maximum atomic E-state index is 13.0. The zero-order chi connectivity index (χ0) is 19.9. The second-order valence-corrected chi connectivity index (χ2v) is 7.84. The summed E-state index contributed by atoms with van der Waals surface area (Å²) in [6.07, 6.45) is 1.70. The van der Waals surface area contributed by atoms with Gasteiger partial charge in [0.25, 0.3) is 5.91 Å². The number of aryl methyl sites for hydroxylation is 2. The molecule has 0 aliphatic carbocycles. The lowest BCUT2D eigenvalue weighted by molar-refractivity contribution is 0.0917. The van der Waals surface area contributed by atoms with E-state index in [1.54, 1.807) is 12.3 Å². The largest absolute Gasteiger partial charge is 0.466 e. The van der Waals surface area contributed by atoms with E-state index >= 15 is 0 Å². The normalized spacial score (nSPS) is 11.3. The predicted molar refractivity (Wildman–Crippen MR) is 120 cm³/mol. The Labute approximate surface area is 183 Å². The average Bonchev–Trinajstić information content (AvgIpc) is 3.16. The third-order valence-corrected chi connectivity index (χ3v) is 4.58. The first kappa shape index (κ1) is 24.9. The molecule has 0 bridgehead atoms. The molecule has 0 unspecified atom stereocenters. The molecular formula is C20H29Cl2N5O2. The summed E-state index contributed by atoms with van der Waals surface area (Å²) in [4.78, 5) is 17.8. The first-order chi connectivity index (χ1) is 12.6. The van der Waals surface area contributed by atoms with Crippen LogP contribution in [0.25, 0.3) is 22.3 Å². The summed E-state index contributed by atoms with van der Waals surface area (Å²) in [6, 6.07) is 3.85. The Morgan fingerprint density at radius 1 is 1.28 bits per heavy atom. The van der Waals surface area contributed by atoms with Gasteiger partial charge in [-0.1, -0.05) is 0 Å². The third kappa shape index (κ3) is 4.91. The summed E-state index contributed by atoms with van der Waals surface area (Å²) < 4.78 is 7.48. The molecule has 0 aromatic carbocycles. The number of carbonyl (C=O) groups excluding carboxylic acids is 1. The fraction of sp³-hybridized carbons (Fsp3) is 0.450. The van der Waals surface area contributed by atoms with E-state index in [1.807, 2.05) is 52.3 Å². The Balaban J connectivity index is 0.00000210. The molecule has 29 heavy (non-hydrogen) atoms. The van der Waals surface area contributed by atoms with Crippen molar-refractivity contribution in [2.24, 2.45) is 5.73 Å². The number of furan rings is 1. The van der Waals surface area contributed by atoms with Crippen LogP contribution >= 0.6 is 24.8 Å². The van der Waals surface area contributed by atoms with E-state index in [4.69, 9.17) is 15.1 Å². The van der Waals surface area contributed by atoms with Crippen LogP contribution in [0.15, 0.2) is 22.7 Å². The zero-order valence-corrected chi connectivity index (χ0v) is 19.2. The maximum Gasteiger partial charge on any atom is 0.252 e. The Bertz CT molecular complexity index is 1010. The van der Waals surface area contributed by atoms with Crippen LogP contribution in [0.4, 0.5) is 0 Å². The minimum absolute atomic E-state index is 0. The number of pyridine rings is 1. The first-order valence-electron chi connectivity index (χ1n) is 9.11. The lowest BCUT2D eigenvalue weighted by Gasteiger charge is -2.24. The molecule has 1 amide bonds. The van der Waals surface area contributed by atoms with Crippen molar-refractivity contribution in [2.75, 3.05) is 6.54 Å². The highest BCUT2D eigenvalue weighted by atomic mass is 35.5. The minimum atomic E-state index is -0.511. The molecule has 3 aromatic rings. The molecular weight excluding hydrogens is 413 g/mol. The van der Waals surface area contributed by atoms with Crippen LogP contribution in [0.1, 0.15) is 55.6 Å². The van der Waals surface area contributed by atoms with E-state index < -0.39 is 5.54 Å². The van der Waals surface area contributed by atoms with Crippen molar-refractivity contribution < 1.29 is 9.21 Å². The molecule has 160 valence electrons. The van der Waals surface area contributed by atoms with E-state index in [0.717, 1.165) is 22.5 Å². The van der Waals surface area contributed by atoms with Gasteiger partial charge in [0, 0.05) is 23.7 Å². The van der Waals surface area contributed by atoms with Crippen molar-refractivity contribution in [1.82, 2.24) is 20.1 Å². The van der Waals surface area contributed by atoms with E-state index in [-0.39, 0.29) is 36.8 Å². The molecule has 3 N–H and O–H groups in total. The molecule has 0 aliphatic rings. The van der Waals surface area contributed by atoms with Crippen LogP contribution in [-0.4, -0.2) is 32.8 Å². The highest BCUT2D eigenvalue weighted by molar-refractivity contribution is 6.06. The van der Waals surface area contributed by atoms with E-state index in [1.165, 1.54) is 0 Å². The molecule has 3 rings (SSSR count). The van der Waals surface area contributed by atoms with Crippen molar-refractivity contribution in [3.05, 3.63) is 35.4 Å². The van der Waals surface area contributed by atoms with Gasteiger partial charge in [-0.05, 0) is 53.7 Å². The topological polar surface area (TPSA) is 99.0 Å². The SMILES string of the molecule is Cc1cc(-c2cc(C(=O)NC(C)(C)CN)c3cnn(C(C)C)c3n2)c(C)o1.Cl.Cl. The molecule has 0 spiro atoms. The summed E-state index contributed by atoms with van der Waals surface area (Å²) in [5.74, 6) is 1.38. The van der Waals surface area contributed by atoms with E-state index in [0.29, 0.717) is 23.4 Å². The average molecular weight is 442 g/mol. The second kappa shape index (κ2) is 9.15. The fourth-order valence-corrected chi connectivity index (χ4v) is 3.03. The van der Waals surface area contributed by atoms with Crippen LogP contribution in [0.3, 0.4) is 0 Å². The van der Waals surface area contributed by atoms with Gasteiger partial charge in [-0.15, -0.1) is 24.8 Å². The van der Waals surface area contributed by atoms with Gasteiger partial charge in [-0.25, -0.2) is 9.67 Å². The van der Waals surface area contributed by atoms with Crippen LogP contribution < -0.4 is 11.1 Å². The number of nitrogens with one attached hydrogen (secondary N) is 1. The minimum Gasteiger partial charge on any atom is -0.466 e. The van der Waals surface area contributed by atoms with Crippen LogP contribution in [0, 0.1) is 13.8 Å². The van der Waals surface area contributed by atoms with Crippen molar-refractivity contribution in [2.45, 2.75) is 53.1 Å². The van der Waals surface area contributed by atoms with Gasteiger partial charge in [0.05, 0.1) is 22.8 Å². The lowest BCUT2D eigenvalue weighted by Crippen LogP contribution is -2.48. The summed E-state index contributed by atoms with van der Waals surface area (Å²) >= 11 is 0. The number of halogens is 2. The quantitative estimate of drug-likeness (QED) is 0.617. The molecule has 0 aliphatic heterocycles. The monoisotopic (exact) mass is 441 g/mol. The molecule has 0 fully saturated rings. The molecule has 3 heterocycles. The highest BCUT2D eigenvalue weighted by Gasteiger charge is 2.24. The van der Waals surface area contributed by atoms with Gasteiger partial charge in [0.2, 0.25) is 0 Å². The number of nitrogens with two attached hydrogens (primary N) is 1. The zero-order valence-electron chi connectivity index (χ0n) is 17.6. The van der Waals surface area contributed by atoms with Crippen molar-refractivity contribution in [3.63, 3.8) is 0 Å². The smallest absolute Gasteiger partial charge is 0.252 e. The lowest BCUT2D eigenvalue weighted by atomic mass is 10.0. The van der Waals surface area contributed by atoms with Gasteiger partial charge in [0.1, 0.15) is 11.5 Å². The number of aromatic nitrogens is 3. The Hall–Kier alpha value is -2.09. The van der Waals surface area contributed by atoms with Crippen molar-refractivity contribution in [1.29, 1.82) is 0 Å². The van der Waals surface area contributed by atoms with Gasteiger partial charge >= 0.3 is 0 Å². The van der Waals surface area contributed by atoms with E-state index in [2.05, 4.69) is 10.4 Å². The van der Waals surface area contributed by atoms with Crippen LogP contribution in [0.2, 0.25) is 0 Å². The number of amides is 1. The van der Waals surface area contributed by atoms with Crippen LogP contribution in [-0.2, 0) is 0 Å². The first-order valence-corrected chi connectivity index (χ1v) is 9.11. The molecule has 9 heteroatoms. The van der Waals surface area contributed by atoms with Gasteiger partial charge < -0.3 is 15.5 Å². The second-order valence-electron chi connectivity index (χ2n) is 7.84. The van der Waals surface area contributed by atoms with Gasteiger partial charge in [0.15, 0.2) is 5.65 Å². The number of nitrogens with zero attached hydrogens (tertiary/aromatic N) is 3. The predicted octanol–water partition coefficient (Wildman–Crippen LogP) is 4.20. The third-order valence-electron chi connectivity index (χ3n) is 4.58. The van der Waals surface area contributed by atoms with Crippen LogP contribution in [0.5, 0.6) is 0 Å². The Morgan fingerprint density at radius 3 is 2.45 bits per heavy atom. The Morgan fingerprint density at radius 2 is 1.93 bits per heavy atom. The van der Waals surface area contributed by atoms with Crippen molar-refractivity contribution >= 4 is 41.8 Å². The summed E-state index contributed by atoms with van der Waals surface area (Å²) in [7, 11) is 0. The number of hydrogen-bond acceptors (Lipinski definition) is 5. The van der Waals surface area contributed by atoms with Crippen molar-refractivity contribution in [3.8, 4) is 11.3 Å². The summed E-state index contributed by atoms with van der Waals surface area (Å²) in [5, 5.41) is 8.16. The van der Waals surface area contributed by atoms with Gasteiger partial charge in [-0.3, -0.25) is 4.79 Å². The molecule has 0 saturated carbocycles. The fourth-order valence-electron chi connectivity index (χ4n) is 3.03. The molecule has 7 nitrogen and oxygen atoms in total. The number of fused-ring (bicyclic) bond motifs is 1. The van der Waals surface area contributed by atoms with E-state index in [9.17, 15) is 4.79 Å². The maximum absolute atomic E-state index is 13.0. The summed E-state index contributed by atoms with van der Waals surface area (Å²) in [5.41, 5.74) is 8.04. The number of rotatable bonds is 5.